The summed E-state index contributed by atoms with van der Waals surface area (Å²) in [6.07, 6.45) is 2.66. The Bertz CT molecular complexity index is 353. The lowest BCUT2D eigenvalue weighted by molar-refractivity contribution is 0.0690. The molecule has 0 aliphatic rings. The number of hydrogen-bond acceptors (Lipinski definition) is 3. The lowest BCUT2D eigenvalue weighted by Gasteiger charge is -2.19. The van der Waals surface area contributed by atoms with Crippen molar-refractivity contribution in [3.05, 3.63) is 29.6 Å². The highest BCUT2D eigenvalue weighted by molar-refractivity contribution is 5.85. The van der Waals surface area contributed by atoms with Gasteiger partial charge in [0.15, 0.2) is 0 Å². The van der Waals surface area contributed by atoms with E-state index in [2.05, 4.69) is 23.7 Å². The lowest BCUT2D eigenvalue weighted by Crippen LogP contribution is -2.23. The second kappa shape index (κ2) is 6.23. The van der Waals surface area contributed by atoms with Crippen LogP contribution in [0.5, 0.6) is 0 Å². The van der Waals surface area contributed by atoms with E-state index in [1.807, 2.05) is 6.07 Å². The molecular formula is C12H18N2O2. The Morgan fingerprint density at radius 3 is 2.81 bits per heavy atom. The summed E-state index contributed by atoms with van der Waals surface area (Å²) in [4.78, 5) is 16.8. The van der Waals surface area contributed by atoms with Crippen molar-refractivity contribution in [2.45, 2.75) is 26.8 Å². The van der Waals surface area contributed by atoms with E-state index in [0.717, 1.165) is 31.6 Å². The fraction of sp³-hybridized carbons (Fsp3) is 0.500. The van der Waals surface area contributed by atoms with Crippen molar-refractivity contribution in [2.75, 3.05) is 13.1 Å². The molecule has 1 aromatic heterocycles. The Morgan fingerprint density at radius 2 is 2.25 bits per heavy atom. The minimum absolute atomic E-state index is 0.116. The first kappa shape index (κ1) is 12.6. The lowest BCUT2D eigenvalue weighted by atomic mass is 10.2. The molecular weight excluding hydrogens is 204 g/mol. The average molecular weight is 222 g/mol. The van der Waals surface area contributed by atoms with Crippen molar-refractivity contribution in [3.8, 4) is 0 Å². The zero-order valence-corrected chi connectivity index (χ0v) is 9.81. The summed E-state index contributed by atoms with van der Waals surface area (Å²) in [5, 5.41) is 8.83. The first-order chi connectivity index (χ1) is 7.67. The van der Waals surface area contributed by atoms with E-state index >= 15 is 0 Å². The molecule has 1 aromatic rings. The van der Waals surface area contributed by atoms with Gasteiger partial charge in [-0.15, -0.1) is 0 Å². The Hall–Kier alpha value is -1.42. The first-order valence-corrected chi connectivity index (χ1v) is 5.58. The minimum atomic E-state index is -0.972. The van der Waals surface area contributed by atoms with Gasteiger partial charge in [0.05, 0.1) is 0 Å². The van der Waals surface area contributed by atoms with E-state index in [9.17, 15) is 4.79 Å². The van der Waals surface area contributed by atoms with Crippen LogP contribution in [0, 0.1) is 0 Å². The van der Waals surface area contributed by atoms with Crippen LogP contribution in [0.1, 0.15) is 36.3 Å². The smallest absolute Gasteiger partial charge is 0.354 e. The standard InChI is InChI=1S/C12H18N2O2/c1-3-7-14(4-2)9-10-5-6-13-11(8-10)12(15)16/h5-6,8H,3-4,7,9H2,1-2H3,(H,15,16). The zero-order valence-electron chi connectivity index (χ0n) is 9.81. The molecule has 0 spiro atoms. The molecule has 0 aliphatic carbocycles. The van der Waals surface area contributed by atoms with Crippen LogP contribution in [-0.4, -0.2) is 34.0 Å². The molecule has 16 heavy (non-hydrogen) atoms. The van der Waals surface area contributed by atoms with Crippen molar-refractivity contribution in [1.82, 2.24) is 9.88 Å². The number of carbonyl (C=O) groups is 1. The molecule has 0 saturated carbocycles. The Kier molecular flexibility index (Phi) is 4.92. The van der Waals surface area contributed by atoms with Crippen molar-refractivity contribution >= 4 is 5.97 Å². The average Bonchev–Trinajstić information content (AvgIpc) is 2.29. The van der Waals surface area contributed by atoms with Crippen molar-refractivity contribution in [3.63, 3.8) is 0 Å². The summed E-state index contributed by atoms with van der Waals surface area (Å²) in [5.41, 5.74) is 1.12. The molecule has 1 heterocycles. The van der Waals surface area contributed by atoms with Gasteiger partial charge in [0, 0.05) is 12.7 Å². The summed E-state index contributed by atoms with van der Waals surface area (Å²) in [7, 11) is 0. The van der Waals surface area contributed by atoms with E-state index in [1.54, 1.807) is 12.3 Å². The van der Waals surface area contributed by atoms with Gasteiger partial charge in [-0.1, -0.05) is 13.8 Å². The summed E-state index contributed by atoms with van der Waals surface area (Å²) in [6.45, 7) is 7.03. The van der Waals surface area contributed by atoms with Crippen molar-refractivity contribution < 1.29 is 9.90 Å². The third kappa shape index (κ3) is 3.62. The van der Waals surface area contributed by atoms with Crippen LogP contribution in [0.3, 0.4) is 0 Å². The van der Waals surface area contributed by atoms with E-state index in [4.69, 9.17) is 5.11 Å². The van der Waals surface area contributed by atoms with Gasteiger partial charge in [0.2, 0.25) is 0 Å². The van der Waals surface area contributed by atoms with Crippen molar-refractivity contribution in [2.24, 2.45) is 0 Å². The van der Waals surface area contributed by atoms with E-state index in [0.29, 0.717) is 0 Å². The van der Waals surface area contributed by atoms with Crippen LogP contribution in [0.15, 0.2) is 18.3 Å². The van der Waals surface area contributed by atoms with Gasteiger partial charge in [-0.2, -0.15) is 0 Å². The van der Waals surface area contributed by atoms with Crippen LogP contribution in [0.25, 0.3) is 0 Å². The summed E-state index contributed by atoms with van der Waals surface area (Å²) < 4.78 is 0. The van der Waals surface area contributed by atoms with Gasteiger partial charge < -0.3 is 5.11 Å². The maximum absolute atomic E-state index is 10.8. The summed E-state index contributed by atoms with van der Waals surface area (Å²) >= 11 is 0. The third-order valence-corrected chi connectivity index (χ3v) is 2.44. The predicted molar refractivity (Wildman–Crippen MR) is 62.4 cm³/mol. The molecule has 4 nitrogen and oxygen atoms in total. The second-order valence-corrected chi connectivity index (χ2v) is 3.72. The van der Waals surface area contributed by atoms with Crippen LogP contribution in [0.4, 0.5) is 0 Å². The topological polar surface area (TPSA) is 53.4 Å². The van der Waals surface area contributed by atoms with Gasteiger partial charge in [0.1, 0.15) is 5.69 Å². The number of carboxylic acids is 1. The number of nitrogens with zero attached hydrogens (tertiary/aromatic N) is 2. The monoisotopic (exact) mass is 222 g/mol. The number of rotatable bonds is 6. The summed E-state index contributed by atoms with van der Waals surface area (Å²) in [6, 6.07) is 3.51. The number of aromatic carboxylic acids is 1. The SMILES string of the molecule is CCCN(CC)Cc1ccnc(C(=O)O)c1. The van der Waals surface area contributed by atoms with Crippen LogP contribution in [-0.2, 0) is 6.54 Å². The Morgan fingerprint density at radius 1 is 1.50 bits per heavy atom. The number of carboxylic acid groups (broad SMARTS) is 1. The predicted octanol–water partition coefficient (Wildman–Crippen LogP) is 2.01. The maximum atomic E-state index is 10.8. The number of aromatic nitrogens is 1. The highest BCUT2D eigenvalue weighted by Gasteiger charge is 2.07. The minimum Gasteiger partial charge on any atom is -0.477 e. The first-order valence-electron chi connectivity index (χ1n) is 5.58. The molecule has 1 N–H and O–H groups in total. The molecule has 4 heteroatoms. The fourth-order valence-corrected chi connectivity index (χ4v) is 1.61. The number of hydrogen-bond donors (Lipinski definition) is 1. The molecule has 1 rings (SSSR count). The molecule has 0 atom stereocenters. The third-order valence-electron chi connectivity index (χ3n) is 2.44. The Balaban J connectivity index is 2.72. The molecule has 0 saturated heterocycles. The summed E-state index contributed by atoms with van der Waals surface area (Å²) in [5.74, 6) is -0.972. The maximum Gasteiger partial charge on any atom is 0.354 e. The normalized spacial score (nSPS) is 10.7. The molecule has 88 valence electrons. The van der Waals surface area contributed by atoms with Gasteiger partial charge in [-0.25, -0.2) is 9.78 Å². The van der Waals surface area contributed by atoms with Crippen LogP contribution in [0.2, 0.25) is 0 Å². The molecule has 0 aliphatic heterocycles. The van der Waals surface area contributed by atoms with Crippen molar-refractivity contribution in [1.29, 1.82) is 0 Å². The van der Waals surface area contributed by atoms with E-state index in [-0.39, 0.29) is 5.69 Å². The largest absolute Gasteiger partial charge is 0.477 e. The van der Waals surface area contributed by atoms with Crippen LogP contribution >= 0.6 is 0 Å². The van der Waals surface area contributed by atoms with Gasteiger partial charge >= 0.3 is 5.97 Å². The molecule has 0 unspecified atom stereocenters. The quantitative estimate of drug-likeness (QED) is 0.800. The molecule has 0 amide bonds. The molecule has 0 aromatic carbocycles. The van der Waals surface area contributed by atoms with Gasteiger partial charge in [0.25, 0.3) is 0 Å². The Labute approximate surface area is 95.9 Å². The molecule has 0 radical (unpaired) electrons. The highest BCUT2D eigenvalue weighted by Crippen LogP contribution is 2.06. The van der Waals surface area contributed by atoms with Gasteiger partial charge in [-0.05, 0) is 37.2 Å². The number of pyridine rings is 1. The zero-order chi connectivity index (χ0) is 12.0. The molecule has 0 bridgehead atoms. The fourth-order valence-electron chi connectivity index (χ4n) is 1.61. The van der Waals surface area contributed by atoms with Gasteiger partial charge in [-0.3, -0.25) is 4.90 Å². The second-order valence-electron chi connectivity index (χ2n) is 3.72. The van der Waals surface area contributed by atoms with Crippen LogP contribution < -0.4 is 0 Å². The molecule has 0 fully saturated rings. The highest BCUT2D eigenvalue weighted by atomic mass is 16.4. The van der Waals surface area contributed by atoms with E-state index < -0.39 is 5.97 Å². The van der Waals surface area contributed by atoms with E-state index in [1.165, 1.54) is 0 Å².